The molecule has 146 valence electrons. The number of nitrogens with zero attached hydrogens (tertiary/aromatic N) is 5. The van der Waals surface area contributed by atoms with Crippen molar-refractivity contribution in [2.24, 2.45) is 0 Å². The highest BCUT2D eigenvalue weighted by molar-refractivity contribution is 7.71. The monoisotopic (exact) mass is 393 g/mol. The van der Waals surface area contributed by atoms with E-state index in [1.54, 1.807) is 0 Å². The van der Waals surface area contributed by atoms with E-state index >= 15 is 0 Å². The van der Waals surface area contributed by atoms with Crippen LogP contribution < -0.4 is 4.90 Å². The number of anilines is 1. The fraction of sp³-hybridized carbons (Fsp3) is 0.364. The van der Waals surface area contributed by atoms with Crippen LogP contribution in [0.4, 0.5) is 5.69 Å². The molecule has 1 fully saturated rings. The van der Waals surface area contributed by atoms with Crippen LogP contribution in [0.1, 0.15) is 17.0 Å². The van der Waals surface area contributed by atoms with Crippen molar-refractivity contribution in [3.05, 3.63) is 70.3 Å². The topological polar surface area (TPSA) is 29.2 Å². The molecule has 0 bridgehead atoms. The second-order valence-corrected chi connectivity index (χ2v) is 7.95. The number of piperazine rings is 1. The van der Waals surface area contributed by atoms with E-state index in [9.17, 15) is 0 Å². The molecule has 0 N–H and O–H groups in total. The summed E-state index contributed by atoms with van der Waals surface area (Å²) < 4.78 is 4.76. The summed E-state index contributed by atoms with van der Waals surface area (Å²) in [6.45, 7) is 11.0. The Balaban J connectivity index is 1.45. The fourth-order valence-corrected chi connectivity index (χ4v) is 4.10. The predicted molar refractivity (Wildman–Crippen MR) is 117 cm³/mol. The molecule has 1 saturated heterocycles. The van der Waals surface area contributed by atoms with Crippen LogP contribution in [-0.4, -0.2) is 45.4 Å². The molecule has 5 nitrogen and oxygen atoms in total. The SMILES string of the molecule is Cc1ccc(-n2c(C)nn(CN3CCN(c4cccc(C)c4)CC3)c2=S)cc1. The normalized spacial score (nSPS) is 15.2. The van der Waals surface area contributed by atoms with Gasteiger partial charge in [-0.15, -0.1) is 0 Å². The molecule has 0 radical (unpaired) electrons. The Bertz CT molecular complexity index is 1010. The van der Waals surface area contributed by atoms with Crippen LogP contribution in [-0.2, 0) is 6.67 Å². The van der Waals surface area contributed by atoms with Gasteiger partial charge >= 0.3 is 0 Å². The Labute approximate surface area is 171 Å². The summed E-state index contributed by atoms with van der Waals surface area (Å²) in [5.74, 6) is 0.923. The maximum absolute atomic E-state index is 5.74. The molecule has 1 aromatic heterocycles. The molecule has 0 amide bonds. The molecule has 3 aromatic rings. The molecule has 0 saturated carbocycles. The number of rotatable bonds is 4. The van der Waals surface area contributed by atoms with Crippen LogP contribution in [0.2, 0.25) is 0 Å². The minimum Gasteiger partial charge on any atom is -0.369 e. The lowest BCUT2D eigenvalue weighted by Gasteiger charge is -2.36. The summed E-state index contributed by atoms with van der Waals surface area (Å²) in [4.78, 5) is 4.88. The van der Waals surface area contributed by atoms with Crippen molar-refractivity contribution in [3.8, 4) is 5.69 Å². The summed E-state index contributed by atoms with van der Waals surface area (Å²) in [7, 11) is 0. The zero-order chi connectivity index (χ0) is 19.7. The summed E-state index contributed by atoms with van der Waals surface area (Å²) >= 11 is 5.74. The molecule has 1 aliphatic rings. The van der Waals surface area contributed by atoms with Gasteiger partial charge in [-0.25, -0.2) is 4.68 Å². The van der Waals surface area contributed by atoms with E-state index in [0.29, 0.717) is 0 Å². The Kier molecular flexibility index (Phi) is 5.33. The van der Waals surface area contributed by atoms with Gasteiger partial charge in [0.2, 0.25) is 4.77 Å². The van der Waals surface area contributed by atoms with E-state index in [0.717, 1.165) is 49.1 Å². The summed E-state index contributed by atoms with van der Waals surface area (Å²) in [6, 6.07) is 17.2. The van der Waals surface area contributed by atoms with Gasteiger partial charge in [0.1, 0.15) is 5.82 Å². The predicted octanol–water partition coefficient (Wildman–Crippen LogP) is 4.11. The van der Waals surface area contributed by atoms with Gasteiger partial charge < -0.3 is 4.90 Å². The maximum Gasteiger partial charge on any atom is 0.203 e. The van der Waals surface area contributed by atoms with E-state index < -0.39 is 0 Å². The van der Waals surface area contributed by atoms with E-state index in [2.05, 4.69) is 76.7 Å². The third kappa shape index (κ3) is 3.88. The third-order valence-electron chi connectivity index (χ3n) is 5.37. The zero-order valence-corrected chi connectivity index (χ0v) is 17.6. The van der Waals surface area contributed by atoms with Gasteiger partial charge in [0.15, 0.2) is 0 Å². The number of hydrogen-bond donors (Lipinski definition) is 0. The molecule has 0 aliphatic carbocycles. The van der Waals surface area contributed by atoms with E-state index in [1.165, 1.54) is 16.8 Å². The summed E-state index contributed by atoms with van der Waals surface area (Å²) in [6.07, 6.45) is 0. The van der Waals surface area contributed by atoms with Gasteiger partial charge in [0, 0.05) is 37.6 Å². The summed E-state index contributed by atoms with van der Waals surface area (Å²) in [5.41, 5.74) is 4.94. The Morgan fingerprint density at radius 1 is 0.857 bits per heavy atom. The first-order chi connectivity index (χ1) is 13.5. The van der Waals surface area contributed by atoms with Crippen molar-refractivity contribution < 1.29 is 0 Å². The molecule has 6 heteroatoms. The second kappa shape index (κ2) is 7.89. The van der Waals surface area contributed by atoms with Gasteiger partial charge in [-0.3, -0.25) is 9.47 Å². The minimum absolute atomic E-state index is 0.736. The highest BCUT2D eigenvalue weighted by Crippen LogP contribution is 2.18. The lowest BCUT2D eigenvalue weighted by atomic mass is 10.2. The number of hydrogen-bond acceptors (Lipinski definition) is 4. The van der Waals surface area contributed by atoms with Crippen LogP contribution in [0.5, 0.6) is 0 Å². The van der Waals surface area contributed by atoms with Crippen molar-refractivity contribution >= 4 is 17.9 Å². The fourth-order valence-electron chi connectivity index (χ4n) is 3.76. The van der Waals surface area contributed by atoms with E-state index in [-0.39, 0.29) is 0 Å². The molecular weight excluding hydrogens is 366 g/mol. The number of aromatic nitrogens is 3. The molecule has 2 heterocycles. The summed E-state index contributed by atoms with van der Waals surface area (Å²) in [5, 5.41) is 4.71. The number of benzene rings is 2. The van der Waals surface area contributed by atoms with E-state index in [1.807, 2.05) is 11.6 Å². The first-order valence-corrected chi connectivity index (χ1v) is 10.2. The third-order valence-corrected chi connectivity index (χ3v) is 5.76. The highest BCUT2D eigenvalue weighted by Gasteiger charge is 2.19. The van der Waals surface area contributed by atoms with E-state index in [4.69, 9.17) is 17.3 Å². The van der Waals surface area contributed by atoms with Gasteiger partial charge in [0.05, 0.1) is 6.67 Å². The molecule has 0 unspecified atom stereocenters. The van der Waals surface area contributed by atoms with Crippen LogP contribution in [0.15, 0.2) is 48.5 Å². The van der Waals surface area contributed by atoms with Crippen molar-refractivity contribution in [1.29, 1.82) is 0 Å². The minimum atomic E-state index is 0.736. The first kappa shape index (κ1) is 18.9. The zero-order valence-electron chi connectivity index (χ0n) is 16.8. The van der Waals surface area contributed by atoms with Crippen LogP contribution >= 0.6 is 12.2 Å². The maximum atomic E-state index is 5.74. The number of aryl methyl sites for hydroxylation is 3. The molecule has 1 aliphatic heterocycles. The molecule has 0 spiro atoms. The van der Waals surface area contributed by atoms with Crippen LogP contribution in [0.3, 0.4) is 0 Å². The lowest BCUT2D eigenvalue weighted by Crippen LogP contribution is -2.47. The van der Waals surface area contributed by atoms with Crippen LogP contribution in [0.25, 0.3) is 5.69 Å². The molecule has 28 heavy (non-hydrogen) atoms. The quantitative estimate of drug-likeness (QED) is 0.624. The second-order valence-electron chi connectivity index (χ2n) is 7.59. The molecule has 0 atom stereocenters. The van der Waals surface area contributed by atoms with Crippen molar-refractivity contribution in [2.45, 2.75) is 27.4 Å². The Morgan fingerprint density at radius 3 is 2.25 bits per heavy atom. The molecule has 2 aromatic carbocycles. The van der Waals surface area contributed by atoms with Crippen molar-refractivity contribution in [3.63, 3.8) is 0 Å². The van der Waals surface area contributed by atoms with Crippen LogP contribution in [0, 0.1) is 25.5 Å². The van der Waals surface area contributed by atoms with Gasteiger partial charge in [-0.2, -0.15) is 5.10 Å². The standard InChI is InChI=1S/C22H27N5S/c1-17-7-9-20(10-8-17)27-19(3)23-26(22(27)28)16-24-11-13-25(14-12-24)21-6-4-5-18(2)15-21/h4-10,15H,11-14,16H2,1-3H3. The Morgan fingerprint density at radius 2 is 1.57 bits per heavy atom. The van der Waals surface area contributed by atoms with Gasteiger partial charge in [-0.1, -0.05) is 29.8 Å². The van der Waals surface area contributed by atoms with Crippen molar-refractivity contribution in [1.82, 2.24) is 19.2 Å². The average Bonchev–Trinajstić information content (AvgIpc) is 2.96. The largest absolute Gasteiger partial charge is 0.369 e. The lowest BCUT2D eigenvalue weighted by molar-refractivity contribution is 0.194. The molecule has 4 rings (SSSR count). The average molecular weight is 394 g/mol. The molecular formula is C22H27N5S. The Hall–Kier alpha value is -2.44. The highest BCUT2D eigenvalue weighted by atomic mass is 32.1. The first-order valence-electron chi connectivity index (χ1n) is 9.79. The smallest absolute Gasteiger partial charge is 0.203 e. The van der Waals surface area contributed by atoms with Gasteiger partial charge in [-0.05, 0) is 62.8 Å². The van der Waals surface area contributed by atoms with Crippen molar-refractivity contribution in [2.75, 3.05) is 31.1 Å². The van der Waals surface area contributed by atoms with Gasteiger partial charge in [0.25, 0.3) is 0 Å².